The standard InChI is InChI=1S/C24H27N5O2/c1-18-8-9-21(14-19(18)2)31-16-24(30)27-22-15-23(26-17-25-22)29-12-10-28(11-13-29)20-6-4-3-5-7-20/h3-9,14-15,17H,10-13,16H2,1-2H3,(H,25,26,27,30). The van der Waals surface area contributed by atoms with Gasteiger partial charge in [-0.3, -0.25) is 4.79 Å². The van der Waals surface area contributed by atoms with E-state index in [1.165, 1.54) is 17.6 Å². The van der Waals surface area contributed by atoms with Gasteiger partial charge in [0.1, 0.15) is 23.7 Å². The van der Waals surface area contributed by atoms with Gasteiger partial charge in [0.05, 0.1) is 0 Å². The minimum atomic E-state index is -0.253. The average Bonchev–Trinajstić information content (AvgIpc) is 2.81. The monoisotopic (exact) mass is 417 g/mol. The Bertz CT molecular complexity index is 1030. The molecule has 160 valence electrons. The number of nitrogens with zero attached hydrogens (tertiary/aromatic N) is 4. The van der Waals surface area contributed by atoms with Crippen molar-refractivity contribution in [3.8, 4) is 5.75 Å². The first-order valence-electron chi connectivity index (χ1n) is 10.5. The number of aromatic nitrogens is 2. The molecule has 0 saturated carbocycles. The highest BCUT2D eigenvalue weighted by atomic mass is 16.5. The van der Waals surface area contributed by atoms with Crippen molar-refractivity contribution in [3.05, 3.63) is 72.1 Å². The lowest BCUT2D eigenvalue weighted by molar-refractivity contribution is -0.118. The predicted octanol–water partition coefficient (Wildman–Crippen LogP) is 3.44. The van der Waals surface area contributed by atoms with Gasteiger partial charge in [-0.2, -0.15) is 0 Å². The zero-order valence-electron chi connectivity index (χ0n) is 17.9. The van der Waals surface area contributed by atoms with Gasteiger partial charge in [-0.15, -0.1) is 0 Å². The minimum absolute atomic E-state index is 0.0718. The summed E-state index contributed by atoms with van der Waals surface area (Å²) in [6.45, 7) is 7.53. The maximum absolute atomic E-state index is 12.3. The number of aryl methyl sites for hydroxylation is 2. The van der Waals surface area contributed by atoms with Crippen LogP contribution >= 0.6 is 0 Å². The highest BCUT2D eigenvalue weighted by Gasteiger charge is 2.19. The van der Waals surface area contributed by atoms with Gasteiger partial charge in [0.15, 0.2) is 6.61 Å². The number of anilines is 3. The van der Waals surface area contributed by atoms with Crippen LogP contribution in [0.1, 0.15) is 11.1 Å². The number of para-hydroxylation sites is 1. The normalized spacial score (nSPS) is 13.7. The molecule has 1 aromatic heterocycles. The molecule has 1 aliphatic rings. The maximum Gasteiger partial charge on any atom is 0.263 e. The number of nitrogens with one attached hydrogen (secondary N) is 1. The summed E-state index contributed by atoms with van der Waals surface area (Å²) in [5.41, 5.74) is 3.56. The second-order valence-corrected chi connectivity index (χ2v) is 7.65. The summed E-state index contributed by atoms with van der Waals surface area (Å²) in [6, 6.07) is 18.0. The zero-order valence-corrected chi connectivity index (χ0v) is 17.9. The van der Waals surface area contributed by atoms with Crippen molar-refractivity contribution in [1.82, 2.24) is 9.97 Å². The van der Waals surface area contributed by atoms with E-state index in [9.17, 15) is 4.79 Å². The van der Waals surface area contributed by atoms with Crippen LogP contribution in [0.15, 0.2) is 60.9 Å². The van der Waals surface area contributed by atoms with Crippen LogP contribution in [0.25, 0.3) is 0 Å². The van der Waals surface area contributed by atoms with Crippen LogP contribution in [-0.4, -0.2) is 48.7 Å². The zero-order chi connectivity index (χ0) is 21.6. The molecule has 1 aliphatic heterocycles. The molecule has 0 atom stereocenters. The van der Waals surface area contributed by atoms with E-state index in [4.69, 9.17) is 4.74 Å². The van der Waals surface area contributed by atoms with Crippen LogP contribution in [0.2, 0.25) is 0 Å². The number of benzene rings is 2. The number of piperazine rings is 1. The molecule has 7 heteroatoms. The van der Waals surface area contributed by atoms with E-state index in [2.05, 4.69) is 49.4 Å². The number of hydrogen-bond donors (Lipinski definition) is 1. The first-order chi connectivity index (χ1) is 15.1. The molecular weight excluding hydrogens is 390 g/mol. The van der Waals surface area contributed by atoms with E-state index < -0.39 is 0 Å². The van der Waals surface area contributed by atoms with Gasteiger partial charge in [-0.05, 0) is 49.2 Å². The van der Waals surface area contributed by atoms with E-state index in [-0.39, 0.29) is 12.5 Å². The van der Waals surface area contributed by atoms with Crippen molar-refractivity contribution in [3.63, 3.8) is 0 Å². The number of hydrogen-bond acceptors (Lipinski definition) is 6. The van der Waals surface area contributed by atoms with E-state index in [0.29, 0.717) is 11.6 Å². The molecule has 0 spiro atoms. The van der Waals surface area contributed by atoms with Crippen LogP contribution in [0.3, 0.4) is 0 Å². The Morgan fingerprint density at radius 2 is 1.68 bits per heavy atom. The molecule has 1 saturated heterocycles. The third-order valence-electron chi connectivity index (χ3n) is 5.49. The lowest BCUT2D eigenvalue weighted by atomic mass is 10.1. The largest absolute Gasteiger partial charge is 0.484 e. The van der Waals surface area contributed by atoms with Crippen LogP contribution < -0.4 is 19.9 Å². The predicted molar refractivity (Wildman–Crippen MR) is 123 cm³/mol. The van der Waals surface area contributed by atoms with Gasteiger partial charge in [-0.25, -0.2) is 9.97 Å². The molecule has 2 aromatic carbocycles. The molecule has 0 unspecified atom stereocenters. The Labute approximate surface area is 182 Å². The molecule has 3 aromatic rings. The van der Waals surface area contributed by atoms with Crippen molar-refractivity contribution >= 4 is 23.2 Å². The quantitative estimate of drug-likeness (QED) is 0.663. The minimum Gasteiger partial charge on any atom is -0.484 e. The topological polar surface area (TPSA) is 70.6 Å². The van der Waals surface area contributed by atoms with Crippen molar-refractivity contribution in [2.24, 2.45) is 0 Å². The Balaban J connectivity index is 1.31. The lowest BCUT2D eigenvalue weighted by Crippen LogP contribution is -2.46. The summed E-state index contributed by atoms with van der Waals surface area (Å²) in [4.78, 5) is 25.5. The number of carbonyl (C=O) groups excluding carboxylic acids is 1. The summed E-state index contributed by atoms with van der Waals surface area (Å²) in [5, 5.41) is 2.80. The molecule has 1 N–H and O–H groups in total. The molecule has 31 heavy (non-hydrogen) atoms. The second-order valence-electron chi connectivity index (χ2n) is 7.65. The lowest BCUT2D eigenvalue weighted by Gasteiger charge is -2.36. The molecule has 7 nitrogen and oxygen atoms in total. The Hall–Kier alpha value is -3.61. The van der Waals surface area contributed by atoms with Gasteiger partial charge >= 0.3 is 0 Å². The number of rotatable bonds is 6. The molecule has 0 bridgehead atoms. The first-order valence-corrected chi connectivity index (χ1v) is 10.5. The fourth-order valence-electron chi connectivity index (χ4n) is 3.55. The summed E-state index contributed by atoms with van der Waals surface area (Å²) < 4.78 is 5.60. The SMILES string of the molecule is Cc1ccc(OCC(=O)Nc2cc(N3CCN(c4ccccc4)CC3)ncn2)cc1C. The summed E-state index contributed by atoms with van der Waals surface area (Å²) in [7, 11) is 0. The van der Waals surface area contributed by atoms with Gasteiger partial charge in [0.25, 0.3) is 5.91 Å². The first kappa shape index (κ1) is 20.7. The van der Waals surface area contributed by atoms with Gasteiger partial charge in [-0.1, -0.05) is 24.3 Å². The van der Waals surface area contributed by atoms with Gasteiger partial charge in [0, 0.05) is 37.9 Å². The summed E-state index contributed by atoms with van der Waals surface area (Å²) in [6.07, 6.45) is 1.48. The van der Waals surface area contributed by atoms with Gasteiger partial charge < -0.3 is 19.9 Å². The molecule has 1 fully saturated rings. The Kier molecular flexibility index (Phi) is 6.31. The van der Waals surface area contributed by atoms with Crippen LogP contribution in [0, 0.1) is 13.8 Å². The molecular formula is C24H27N5O2. The smallest absolute Gasteiger partial charge is 0.263 e. The fourth-order valence-corrected chi connectivity index (χ4v) is 3.55. The fraction of sp³-hybridized carbons (Fsp3) is 0.292. The number of amides is 1. The molecule has 2 heterocycles. The number of ether oxygens (including phenoxy) is 1. The third kappa shape index (κ3) is 5.31. The van der Waals surface area contributed by atoms with Crippen molar-refractivity contribution in [2.75, 3.05) is 47.9 Å². The number of carbonyl (C=O) groups is 1. The van der Waals surface area contributed by atoms with Crippen molar-refractivity contribution in [2.45, 2.75) is 13.8 Å². The van der Waals surface area contributed by atoms with E-state index in [1.54, 1.807) is 0 Å². The van der Waals surface area contributed by atoms with E-state index in [0.717, 1.165) is 37.6 Å². The highest BCUT2D eigenvalue weighted by molar-refractivity contribution is 5.91. The molecule has 1 amide bonds. The van der Waals surface area contributed by atoms with Gasteiger partial charge in [0.2, 0.25) is 0 Å². The van der Waals surface area contributed by atoms with E-state index in [1.807, 2.05) is 44.2 Å². The summed E-state index contributed by atoms with van der Waals surface area (Å²) >= 11 is 0. The van der Waals surface area contributed by atoms with Crippen molar-refractivity contribution in [1.29, 1.82) is 0 Å². The Morgan fingerprint density at radius 1 is 0.935 bits per heavy atom. The highest BCUT2D eigenvalue weighted by Crippen LogP contribution is 2.20. The molecule has 0 radical (unpaired) electrons. The second kappa shape index (κ2) is 9.47. The summed E-state index contributed by atoms with van der Waals surface area (Å²) in [5.74, 6) is 1.71. The average molecular weight is 418 g/mol. The molecule has 4 rings (SSSR count). The van der Waals surface area contributed by atoms with Crippen molar-refractivity contribution < 1.29 is 9.53 Å². The molecule has 0 aliphatic carbocycles. The van der Waals surface area contributed by atoms with Crippen LogP contribution in [0.4, 0.5) is 17.3 Å². The third-order valence-corrected chi connectivity index (χ3v) is 5.49. The van der Waals surface area contributed by atoms with Crippen LogP contribution in [0.5, 0.6) is 5.75 Å². The van der Waals surface area contributed by atoms with E-state index >= 15 is 0 Å². The maximum atomic E-state index is 12.3. The van der Waals surface area contributed by atoms with Crippen LogP contribution in [-0.2, 0) is 4.79 Å². The Morgan fingerprint density at radius 3 is 2.42 bits per heavy atom.